The number of aliphatic imine (C=N–C) groups is 1. The van der Waals surface area contributed by atoms with Crippen LogP contribution in [-0.2, 0) is 11.3 Å². The van der Waals surface area contributed by atoms with Gasteiger partial charge in [0.05, 0.1) is 6.54 Å². The second kappa shape index (κ2) is 11.8. The largest absolute Gasteiger partial charge is 0.385 e. The van der Waals surface area contributed by atoms with E-state index in [9.17, 15) is 0 Å². The summed E-state index contributed by atoms with van der Waals surface area (Å²) in [7, 11) is 1.71. The van der Waals surface area contributed by atoms with Gasteiger partial charge in [0.2, 0.25) is 0 Å². The lowest BCUT2D eigenvalue weighted by Gasteiger charge is -2.11. The van der Waals surface area contributed by atoms with E-state index in [1.807, 2.05) is 36.0 Å². The molecular formula is C17H27IN6O. The summed E-state index contributed by atoms with van der Waals surface area (Å²) in [5.74, 6) is 2.59. The second-order valence-corrected chi connectivity index (χ2v) is 5.34. The van der Waals surface area contributed by atoms with E-state index in [1.54, 1.807) is 13.3 Å². The van der Waals surface area contributed by atoms with Crippen molar-refractivity contribution in [3.63, 3.8) is 0 Å². The van der Waals surface area contributed by atoms with E-state index in [4.69, 9.17) is 4.74 Å². The van der Waals surface area contributed by atoms with Crippen LogP contribution in [0, 0.1) is 6.92 Å². The summed E-state index contributed by atoms with van der Waals surface area (Å²) >= 11 is 0. The van der Waals surface area contributed by atoms with Crippen LogP contribution in [0.25, 0.3) is 5.82 Å². The van der Waals surface area contributed by atoms with Gasteiger partial charge in [-0.15, -0.1) is 24.0 Å². The molecule has 0 aliphatic carbocycles. The quantitative estimate of drug-likeness (QED) is 0.275. The van der Waals surface area contributed by atoms with Crippen LogP contribution >= 0.6 is 24.0 Å². The first kappa shape index (κ1) is 21.4. The highest BCUT2D eigenvalue weighted by molar-refractivity contribution is 14.0. The summed E-state index contributed by atoms with van der Waals surface area (Å²) in [5, 5.41) is 6.53. The van der Waals surface area contributed by atoms with Gasteiger partial charge >= 0.3 is 0 Å². The molecule has 0 fully saturated rings. The van der Waals surface area contributed by atoms with Gasteiger partial charge in [0.25, 0.3) is 0 Å². The van der Waals surface area contributed by atoms with Crippen LogP contribution in [0.5, 0.6) is 0 Å². The van der Waals surface area contributed by atoms with Gasteiger partial charge in [-0.05, 0) is 31.9 Å². The molecule has 0 aromatic carbocycles. The van der Waals surface area contributed by atoms with E-state index < -0.39 is 0 Å². The van der Waals surface area contributed by atoms with Crippen molar-refractivity contribution in [1.82, 2.24) is 25.2 Å². The average molecular weight is 458 g/mol. The minimum Gasteiger partial charge on any atom is -0.385 e. The summed E-state index contributed by atoms with van der Waals surface area (Å²) in [4.78, 5) is 13.3. The number of methoxy groups -OCH3 is 1. The van der Waals surface area contributed by atoms with Gasteiger partial charge in [0, 0.05) is 45.4 Å². The number of pyridine rings is 1. The Hall–Kier alpha value is -1.68. The minimum absolute atomic E-state index is 0. The molecule has 0 saturated carbocycles. The fourth-order valence-corrected chi connectivity index (χ4v) is 2.21. The number of hydrogen-bond acceptors (Lipinski definition) is 4. The molecular weight excluding hydrogens is 431 g/mol. The molecule has 2 rings (SSSR count). The molecule has 25 heavy (non-hydrogen) atoms. The molecule has 7 nitrogen and oxygen atoms in total. The zero-order chi connectivity index (χ0) is 17.2. The number of imidazole rings is 1. The van der Waals surface area contributed by atoms with Gasteiger partial charge in [0.1, 0.15) is 11.6 Å². The van der Waals surface area contributed by atoms with Crippen LogP contribution < -0.4 is 10.6 Å². The van der Waals surface area contributed by atoms with Gasteiger partial charge in [-0.3, -0.25) is 4.57 Å². The Balaban J connectivity index is 0.00000312. The predicted octanol–water partition coefficient (Wildman–Crippen LogP) is 2.29. The smallest absolute Gasteiger partial charge is 0.191 e. The number of hydrogen-bond donors (Lipinski definition) is 2. The summed E-state index contributed by atoms with van der Waals surface area (Å²) < 4.78 is 7.00. The number of nitrogens with one attached hydrogen (secondary N) is 2. The van der Waals surface area contributed by atoms with Crippen molar-refractivity contribution in [2.24, 2.45) is 4.99 Å². The number of halogens is 1. The third kappa shape index (κ3) is 6.99. The lowest BCUT2D eigenvalue weighted by molar-refractivity contribution is 0.195. The molecule has 0 radical (unpaired) electrons. The maximum absolute atomic E-state index is 5.05. The van der Waals surface area contributed by atoms with Crippen LogP contribution in [0.1, 0.15) is 24.7 Å². The highest BCUT2D eigenvalue weighted by Crippen LogP contribution is 2.08. The molecule has 2 aromatic rings. The first-order chi connectivity index (χ1) is 11.7. The Kier molecular flexibility index (Phi) is 10.1. The van der Waals surface area contributed by atoms with Crippen molar-refractivity contribution in [2.75, 3.05) is 26.8 Å². The Morgan fingerprint density at radius 1 is 1.28 bits per heavy atom. The molecule has 2 heterocycles. The summed E-state index contributed by atoms with van der Waals surface area (Å²) in [6, 6.07) is 4.03. The lowest BCUT2D eigenvalue weighted by atomic mass is 10.3. The molecule has 0 bridgehead atoms. The van der Waals surface area contributed by atoms with Crippen molar-refractivity contribution in [1.29, 1.82) is 0 Å². The van der Waals surface area contributed by atoms with E-state index in [-0.39, 0.29) is 24.0 Å². The molecule has 0 unspecified atom stereocenters. The van der Waals surface area contributed by atoms with Crippen LogP contribution in [0.4, 0.5) is 0 Å². The molecule has 0 aliphatic rings. The van der Waals surface area contributed by atoms with Crippen LogP contribution in [0.3, 0.4) is 0 Å². The third-order valence-corrected chi connectivity index (χ3v) is 3.46. The summed E-state index contributed by atoms with van der Waals surface area (Å²) in [5.41, 5.74) is 1.06. The molecule has 0 amide bonds. The Morgan fingerprint density at radius 2 is 2.12 bits per heavy atom. The van der Waals surface area contributed by atoms with Crippen molar-refractivity contribution < 1.29 is 4.74 Å². The SMILES string of the molecule is CCNC(=NCc1ccc(-n2ccnc2C)nc1)NCCCOC.I. The average Bonchev–Trinajstić information content (AvgIpc) is 3.03. The molecule has 0 aliphatic heterocycles. The fraction of sp³-hybridized carbons (Fsp3) is 0.471. The highest BCUT2D eigenvalue weighted by Gasteiger charge is 2.02. The van der Waals surface area contributed by atoms with Gasteiger partial charge in [-0.2, -0.15) is 0 Å². The molecule has 2 N–H and O–H groups in total. The van der Waals surface area contributed by atoms with E-state index in [2.05, 4.69) is 32.5 Å². The molecule has 8 heteroatoms. The van der Waals surface area contributed by atoms with E-state index >= 15 is 0 Å². The second-order valence-electron chi connectivity index (χ2n) is 5.34. The summed E-state index contributed by atoms with van der Waals surface area (Å²) in [6.07, 6.45) is 6.48. The van der Waals surface area contributed by atoms with E-state index in [0.29, 0.717) is 6.54 Å². The Morgan fingerprint density at radius 3 is 2.72 bits per heavy atom. The number of rotatable bonds is 8. The standard InChI is InChI=1S/C17H26N6O.HI/c1-4-18-17(20-8-5-11-24-3)22-13-15-6-7-16(21-12-15)23-10-9-19-14(23)2;/h6-7,9-10,12H,4-5,8,11,13H2,1-3H3,(H2,18,20,22);1H. The molecule has 0 atom stereocenters. The van der Waals surface area contributed by atoms with Crippen LogP contribution in [-0.4, -0.2) is 47.3 Å². The summed E-state index contributed by atoms with van der Waals surface area (Å²) in [6.45, 7) is 6.99. The van der Waals surface area contributed by atoms with Crippen molar-refractivity contribution >= 4 is 29.9 Å². The first-order valence-corrected chi connectivity index (χ1v) is 8.21. The third-order valence-electron chi connectivity index (χ3n) is 3.46. The molecule has 0 spiro atoms. The van der Waals surface area contributed by atoms with Crippen molar-refractivity contribution in [3.05, 3.63) is 42.1 Å². The zero-order valence-corrected chi connectivity index (χ0v) is 17.4. The van der Waals surface area contributed by atoms with Gasteiger partial charge in [-0.25, -0.2) is 15.0 Å². The van der Waals surface area contributed by atoms with Crippen LogP contribution in [0.15, 0.2) is 35.7 Å². The monoisotopic (exact) mass is 458 g/mol. The number of nitrogens with zero attached hydrogens (tertiary/aromatic N) is 4. The maximum Gasteiger partial charge on any atom is 0.191 e. The molecule has 138 valence electrons. The van der Waals surface area contributed by atoms with Gasteiger partial charge in [0.15, 0.2) is 5.96 Å². The number of aromatic nitrogens is 3. The van der Waals surface area contributed by atoms with E-state index in [1.165, 1.54) is 0 Å². The lowest BCUT2D eigenvalue weighted by Crippen LogP contribution is -2.38. The first-order valence-electron chi connectivity index (χ1n) is 8.21. The molecule has 2 aromatic heterocycles. The van der Waals surface area contributed by atoms with Crippen molar-refractivity contribution in [2.45, 2.75) is 26.8 Å². The number of aryl methyl sites for hydroxylation is 1. The topological polar surface area (TPSA) is 76.4 Å². The minimum atomic E-state index is 0. The van der Waals surface area contributed by atoms with Gasteiger partial charge in [-0.1, -0.05) is 6.07 Å². The van der Waals surface area contributed by atoms with Gasteiger partial charge < -0.3 is 15.4 Å². The zero-order valence-electron chi connectivity index (χ0n) is 15.0. The highest BCUT2D eigenvalue weighted by atomic mass is 127. The normalized spacial score (nSPS) is 11.1. The van der Waals surface area contributed by atoms with E-state index in [0.717, 1.165) is 49.3 Å². The van der Waals surface area contributed by atoms with Crippen molar-refractivity contribution in [3.8, 4) is 5.82 Å². The number of guanidine groups is 1. The van der Waals surface area contributed by atoms with Crippen LogP contribution in [0.2, 0.25) is 0 Å². The number of ether oxygens (including phenoxy) is 1. The Labute approximate surface area is 166 Å². The predicted molar refractivity (Wildman–Crippen MR) is 111 cm³/mol. The maximum atomic E-state index is 5.05. The Bertz CT molecular complexity index is 641. The molecule has 0 saturated heterocycles. The fourth-order valence-electron chi connectivity index (χ4n) is 2.21.